The maximum absolute atomic E-state index is 13.5. The minimum absolute atomic E-state index is 0.0245. The fourth-order valence-corrected chi connectivity index (χ4v) is 2.75. The number of thiol groups is 1. The van der Waals surface area contributed by atoms with Gasteiger partial charge in [0.25, 0.3) is 5.91 Å². The number of halogens is 3. The SMILES string of the molecule is COCc1ccc(NC(=O)N(S)C(C(=O)Nc2ccccc2C)C(F)(F)F)cc1. The van der Waals surface area contributed by atoms with E-state index in [1.807, 2.05) is 0 Å². The van der Waals surface area contributed by atoms with Gasteiger partial charge in [0.2, 0.25) is 6.04 Å². The molecule has 156 valence electrons. The van der Waals surface area contributed by atoms with E-state index in [1.54, 1.807) is 37.3 Å². The van der Waals surface area contributed by atoms with E-state index in [9.17, 15) is 22.8 Å². The first kappa shape index (κ1) is 22.6. The number of amides is 3. The number of para-hydroxylation sites is 1. The number of benzene rings is 2. The molecule has 2 aromatic carbocycles. The molecule has 0 bridgehead atoms. The summed E-state index contributed by atoms with van der Waals surface area (Å²) < 4.78 is 45.5. The number of anilines is 2. The van der Waals surface area contributed by atoms with Crippen molar-refractivity contribution in [3.63, 3.8) is 0 Å². The maximum Gasteiger partial charge on any atom is 0.418 e. The van der Waals surface area contributed by atoms with Crippen LogP contribution in [0.15, 0.2) is 48.5 Å². The largest absolute Gasteiger partial charge is 0.418 e. The fraction of sp³-hybridized carbons (Fsp3) is 0.263. The Bertz CT molecular complexity index is 860. The van der Waals surface area contributed by atoms with E-state index >= 15 is 0 Å². The summed E-state index contributed by atoms with van der Waals surface area (Å²) in [7, 11) is 1.52. The van der Waals surface area contributed by atoms with Crippen LogP contribution < -0.4 is 10.6 Å². The number of methoxy groups -OCH3 is 1. The normalized spacial score (nSPS) is 12.2. The molecule has 0 saturated carbocycles. The quantitative estimate of drug-likeness (QED) is 0.599. The number of aryl methyl sites for hydroxylation is 1. The zero-order valence-corrected chi connectivity index (χ0v) is 16.6. The summed E-state index contributed by atoms with van der Waals surface area (Å²) in [5.41, 5.74) is 1.85. The first-order chi connectivity index (χ1) is 13.6. The second-order valence-corrected chi connectivity index (χ2v) is 6.58. The van der Waals surface area contributed by atoms with Gasteiger partial charge < -0.3 is 15.4 Å². The van der Waals surface area contributed by atoms with Crippen molar-refractivity contribution >= 4 is 36.1 Å². The highest BCUT2D eigenvalue weighted by atomic mass is 32.1. The highest BCUT2D eigenvalue weighted by Gasteiger charge is 2.50. The van der Waals surface area contributed by atoms with E-state index in [0.29, 0.717) is 12.2 Å². The van der Waals surface area contributed by atoms with Gasteiger partial charge in [-0.05, 0) is 36.2 Å². The van der Waals surface area contributed by atoms with E-state index in [-0.39, 0.29) is 15.7 Å². The minimum atomic E-state index is -5.03. The second kappa shape index (κ2) is 9.66. The van der Waals surface area contributed by atoms with Gasteiger partial charge in [-0.15, -0.1) is 0 Å². The lowest BCUT2D eigenvalue weighted by molar-refractivity contribution is -0.171. The fourth-order valence-electron chi connectivity index (χ4n) is 2.46. The summed E-state index contributed by atoms with van der Waals surface area (Å²) in [4.78, 5) is 24.6. The number of ether oxygens (including phenoxy) is 1. The van der Waals surface area contributed by atoms with Crippen LogP contribution in [0.25, 0.3) is 0 Å². The third-order valence-electron chi connectivity index (χ3n) is 3.93. The summed E-state index contributed by atoms with van der Waals surface area (Å²) in [6.07, 6.45) is -5.03. The van der Waals surface area contributed by atoms with Crippen LogP contribution in [0.4, 0.5) is 29.3 Å². The number of nitrogens with one attached hydrogen (secondary N) is 2. The van der Waals surface area contributed by atoms with Crippen molar-refractivity contribution in [3.05, 3.63) is 59.7 Å². The van der Waals surface area contributed by atoms with Crippen molar-refractivity contribution in [2.75, 3.05) is 17.7 Å². The third-order valence-corrected chi connectivity index (χ3v) is 4.34. The van der Waals surface area contributed by atoms with Gasteiger partial charge in [-0.3, -0.25) is 4.79 Å². The molecule has 10 heteroatoms. The van der Waals surface area contributed by atoms with Crippen LogP contribution in [-0.4, -0.2) is 35.6 Å². The van der Waals surface area contributed by atoms with Crippen LogP contribution in [-0.2, 0) is 16.1 Å². The molecule has 0 heterocycles. The molecule has 0 fully saturated rings. The lowest BCUT2D eigenvalue weighted by atomic mass is 10.2. The monoisotopic (exact) mass is 427 g/mol. The van der Waals surface area contributed by atoms with E-state index in [1.165, 1.54) is 25.3 Å². The van der Waals surface area contributed by atoms with Crippen molar-refractivity contribution < 1.29 is 27.5 Å². The average Bonchev–Trinajstić information content (AvgIpc) is 2.64. The second-order valence-electron chi connectivity index (χ2n) is 6.15. The summed E-state index contributed by atoms with van der Waals surface area (Å²) in [5, 5.41) is 4.48. The highest BCUT2D eigenvalue weighted by Crippen LogP contribution is 2.28. The molecule has 0 spiro atoms. The summed E-state index contributed by atoms with van der Waals surface area (Å²) in [6.45, 7) is 1.98. The Balaban J connectivity index is 2.15. The van der Waals surface area contributed by atoms with Gasteiger partial charge in [-0.1, -0.05) is 43.1 Å². The molecule has 2 aromatic rings. The van der Waals surface area contributed by atoms with Crippen molar-refractivity contribution in [1.29, 1.82) is 0 Å². The average molecular weight is 427 g/mol. The summed E-state index contributed by atoms with van der Waals surface area (Å²) in [5.74, 6) is -1.42. The molecular weight excluding hydrogens is 407 g/mol. The molecule has 0 saturated heterocycles. The molecule has 0 radical (unpaired) electrons. The Morgan fingerprint density at radius 2 is 1.72 bits per heavy atom. The number of alkyl halides is 3. The molecule has 0 aromatic heterocycles. The van der Waals surface area contributed by atoms with E-state index in [4.69, 9.17) is 4.74 Å². The molecule has 3 amide bonds. The first-order valence-corrected chi connectivity index (χ1v) is 8.83. The van der Waals surface area contributed by atoms with Crippen molar-refractivity contribution in [2.45, 2.75) is 25.7 Å². The number of rotatable bonds is 6. The lowest BCUT2D eigenvalue weighted by Gasteiger charge is -2.28. The van der Waals surface area contributed by atoms with Crippen LogP contribution >= 0.6 is 12.8 Å². The molecule has 2 rings (SSSR count). The molecule has 6 nitrogen and oxygen atoms in total. The molecule has 29 heavy (non-hydrogen) atoms. The Morgan fingerprint density at radius 3 is 2.28 bits per heavy atom. The van der Waals surface area contributed by atoms with Gasteiger partial charge >= 0.3 is 12.2 Å². The van der Waals surface area contributed by atoms with Crippen LogP contribution in [0, 0.1) is 6.92 Å². The maximum atomic E-state index is 13.5. The van der Waals surface area contributed by atoms with Gasteiger partial charge in [0.15, 0.2) is 0 Å². The number of carbonyl (C=O) groups is 2. The number of carbonyl (C=O) groups excluding carboxylic acids is 2. The number of hydrogen-bond acceptors (Lipinski definition) is 4. The highest BCUT2D eigenvalue weighted by molar-refractivity contribution is 7.78. The van der Waals surface area contributed by atoms with E-state index in [2.05, 4.69) is 23.4 Å². The van der Waals surface area contributed by atoms with Crippen LogP contribution in [0.3, 0.4) is 0 Å². The number of nitrogens with zero attached hydrogens (tertiary/aromatic N) is 1. The predicted octanol–water partition coefficient (Wildman–Crippen LogP) is 4.39. The summed E-state index contributed by atoms with van der Waals surface area (Å²) in [6, 6.07) is 8.66. The Kier molecular flexibility index (Phi) is 7.52. The van der Waals surface area contributed by atoms with Gasteiger partial charge in [-0.25, -0.2) is 9.10 Å². The minimum Gasteiger partial charge on any atom is -0.380 e. The zero-order valence-electron chi connectivity index (χ0n) is 15.7. The van der Waals surface area contributed by atoms with Gasteiger partial charge in [-0.2, -0.15) is 13.2 Å². The van der Waals surface area contributed by atoms with Crippen molar-refractivity contribution in [3.8, 4) is 0 Å². The zero-order chi connectivity index (χ0) is 21.6. The molecule has 1 unspecified atom stereocenters. The number of urea groups is 1. The predicted molar refractivity (Wildman–Crippen MR) is 107 cm³/mol. The smallest absolute Gasteiger partial charge is 0.380 e. The molecule has 1 atom stereocenters. The standard InChI is InChI=1S/C19H20F3N3O3S/c1-12-5-3-4-6-15(12)24-17(26)16(19(20,21)22)25(29)18(27)23-14-9-7-13(8-10-14)11-28-2/h3-10,16,29H,11H2,1-2H3,(H,23,27)(H,24,26). The molecule has 0 aliphatic carbocycles. The van der Waals surface area contributed by atoms with Crippen molar-refractivity contribution in [2.24, 2.45) is 0 Å². The van der Waals surface area contributed by atoms with Crippen LogP contribution in [0.2, 0.25) is 0 Å². The Morgan fingerprint density at radius 1 is 1.10 bits per heavy atom. The summed E-state index contributed by atoms with van der Waals surface area (Å²) >= 11 is 3.65. The van der Waals surface area contributed by atoms with Crippen LogP contribution in [0.5, 0.6) is 0 Å². The molecule has 0 aliphatic rings. The van der Waals surface area contributed by atoms with E-state index in [0.717, 1.165) is 5.56 Å². The Labute approximate surface area is 171 Å². The van der Waals surface area contributed by atoms with Crippen molar-refractivity contribution in [1.82, 2.24) is 4.31 Å². The van der Waals surface area contributed by atoms with E-state index < -0.39 is 24.2 Å². The molecular formula is C19H20F3N3O3S. The third kappa shape index (κ3) is 6.13. The van der Waals surface area contributed by atoms with Gasteiger partial charge in [0.1, 0.15) is 0 Å². The van der Waals surface area contributed by atoms with Gasteiger partial charge in [0.05, 0.1) is 6.61 Å². The topological polar surface area (TPSA) is 70.7 Å². The molecule has 0 aliphatic heterocycles. The van der Waals surface area contributed by atoms with Crippen LogP contribution in [0.1, 0.15) is 11.1 Å². The van der Waals surface area contributed by atoms with Gasteiger partial charge in [0, 0.05) is 18.5 Å². The Hall–Kier alpha value is -2.72. The first-order valence-electron chi connectivity index (χ1n) is 8.43. The molecule has 2 N–H and O–H groups in total. The lowest BCUT2D eigenvalue weighted by Crippen LogP contribution is -2.52. The number of hydrogen-bond donors (Lipinski definition) is 3.